The summed E-state index contributed by atoms with van der Waals surface area (Å²) in [6, 6.07) is 5.90. The van der Waals surface area contributed by atoms with Crippen LogP contribution in [-0.4, -0.2) is 36.9 Å². The lowest BCUT2D eigenvalue weighted by Gasteiger charge is -2.19. The summed E-state index contributed by atoms with van der Waals surface area (Å²) in [5.74, 6) is 1.07. The van der Waals surface area contributed by atoms with Crippen LogP contribution < -0.4 is 15.2 Å². The minimum absolute atomic E-state index is 0.391. The summed E-state index contributed by atoms with van der Waals surface area (Å²) in [6.45, 7) is 9.49. The van der Waals surface area contributed by atoms with E-state index in [1.165, 1.54) is 5.69 Å². The number of primary amides is 1. The first kappa shape index (κ1) is 22.2. The van der Waals surface area contributed by atoms with Gasteiger partial charge in [0.25, 0.3) is 5.91 Å². The molecule has 164 valence electrons. The number of aromatic nitrogens is 1. The van der Waals surface area contributed by atoms with Crippen molar-refractivity contribution in [3.63, 3.8) is 0 Å². The van der Waals surface area contributed by atoms with Crippen LogP contribution in [0.4, 0.5) is 0 Å². The average Bonchev–Trinajstić information content (AvgIpc) is 3.03. The molecule has 2 N–H and O–H groups in total. The minimum Gasteiger partial charge on any atom is -0.486 e. The Hall–Kier alpha value is -2.47. The van der Waals surface area contributed by atoms with Crippen LogP contribution in [0.25, 0.3) is 11.1 Å². The van der Waals surface area contributed by atoms with Crippen LogP contribution in [0.2, 0.25) is 0 Å². The van der Waals surface area contributed by atoms with Gasteiger partial charge in [-0.25, -0.2) is 0 Å². The van der Waals surface area contributed by atoms with E-state index in [4.69, 9.17) is 19.9 Å². The fourth-order valence-electron chi connectivity index (χ4n) is 4.18. The number of nitrogens with zero attached hydrogens (tertiary/aromatic N) is 1. The molecule has 3 rings (SSSR count). The predicted octanol–water partition coefficient (Wildman–Crippen LogP) is 4.49. The largest absolute Gasteiger partial charge is 0.486 e. The maximum Gasteiger partial charge on any atom is 0.251 e. The number of ether oxygens (including phenoxy) is 3. The van der Waals surface area contributed by atoms with E-state index in [0.29, 0.717) is 32.0 Å². The van der Waals surface area contributed by atoms with Gasteiger partial charge in [-0.1, -0.05) is 25.8 Å². The van der Waals surface area contributed by atoms with Crippen molar-refractivity contribution in [2.45, 2.75) is 59.4 Å². The SMILES string of the molecule is CCCCCc1c(-c2ccc3c(c2)OCCO3)c(C(N)=O)c(C)n1CCCOCC. The van der Waals surface area contributed by atoms with E-state index in [1.807, 2.05) is 32.0 Å². The van der Waals surface area contributed by atoms with Gasteiger partial charge in [0.15, 0.2) is 11.5 Å². The van der Waals surface area contributed by atoms with Gasteiger partial charge in [0, 0.05) is 36.7 Å². The number of hydrogen-bond donors (Lipinski definition) is 1. The normalized spacial score (nSPS) is 12.9. The topological polar surface area (TPSA) is 75.7 Å². The zero-order chi connectivity index (χ0) is 21.5. The Kier molecular flexibility index (Phi) is 7.80. The molecule has 1 aromatic heterocycles. The first-order valence-corrected chi connectivity index (χ1v) is 11.1. The molecule has 0 atom stereocenters. The Morgan fingerprint density at radius 3 is 2.60 bits per heavy atom. The van der Waals surface area contributed by atoms with Gasteiger partial charge in [-0.15, -0.1) is 0 Å². The minimum atomic E-state index is -0.391. The van der Waals surface area contributed by atoms with Crippen molar-refractivity contribution >= 4 is 5.91 Å². The van der Waals surface area contributed by atoms with Gasteiger partial charge in [-0.05, 0) is 50.8 Å². The van der Waals surface area contributed by atoms with E-state index in [-0.39, 0.29) is 0 Å². The third kappa shape index (κ3) is 4.81. The maximum atomic E-state index is 12.5. The Morgan fingerprint density at radius 1 is 1.13 bits per heavy atom. The van der Waals surface area contributed by atoms with Crippen molar-refractivity contribution in [1.82, 2.24) is 4.57 Å². The lowest BCUT2D eigenvalue weighted by Crippen LogP contribution is -2.15. The Morgan fingerprint density at radius 2 is 1.90 bits per heavy atom. The van der Waals surface area contributed by atoms with Crippen LogP contribution >= 0.6 is 0 Å². The van der Waals surface area contributed by atoms with Crippen LogP contribution in [0.3, 0.4) is 0 Å². The average molecular weight is 415 g/mol. The fraction of sp³-hybridized carbons (Fsp3) is 0.542. The van der Waals surface area contributed by atoms with Crippen molar-refractivity contribution in [3.8, 4) is 22.6 Å². The summed E-state index contributed by atoms with van der Waals surface area (Å²) in [5, 5.41) is 0. The second kappa shape index (κ2) is 10.5. The molecular weight excluding hydrogens is 380 g/mol. The zero-order valence-electron chi connectivity index (χ0n) is 18.5. The number of carbonyl (C=O) groups is 1. The Balaban J connectivity index is 2.07. The molecule has 0 unspecified atom stereocenters. The predicted molar refractivity (Wildman–Crippen MR) is 118 cm³/mol. The van der Waals surface area contributed by atoms with Crippen LogP contribution in [0.5, 0.6) is 11.5 Å². The van der Waals surface area contributed by atoms with Gasteiger partial charge < -0.3 is 24.5 Å². The molecular formula is C24H34N2O4. The van der Waals surface area contributed by atoms with Gasteiger partial charge in [0.2, 0.25) is 0 Å². The Labute approximate surface area is 179 Å². The highest BCUT2D eigenvalue weighted by molar-refractivity contribution is 6.02. The monoisotopic (exact) mass is 414 g/mol. The number of nitrogens with two attached hydrogens (primary N) is 1. The summed E-state index contributed by atoms with van der Waals surface area (Å²) < 4.78 is 19.3. The number of amides is 1. The molecule has 0 aliphatic carbocycles. The highest BCUT2D eigenvalue weighted by Gasteiger charge is 2.25. The van der Waals surface area contributed by atoms with E-state index < -0.39 is 5.91 Å². The molecule has 0 saturated carbocycles. The second-order valence-corrected chi connectivity index (χ2v) is 7.66. The van der Waals surface area contributed by atoms with E-state index in [1.54, 1.807) is 0 Å². The lowest BCUT2D eigenvalue weighted by atomic mass is 9.97. The molecule has 0 spiro atoms. The molecule has 1 aromatic carbocycles. The second-order valence-electron chi connectivity index (χ2n) is 7.66. The molecule has 2 heterocycles. The molecule has 1 amide bonds. The molecule has 30 heavy (non-hydrogen) atoms. The smallest absolute Gasteiger partial charge is 0.251 e. The molecule has 1 aliphatic heterocycles. The van der Waals surface area contributed by atoms with Crippen LogP contribution in [0.15, 0.2) is 18.2 Å². The standard InChI is InChI=1S/C24H34N2O4/c1-4-6-7-9-19-23(18-10-11-20-21(16-18)30-15-14-29-20)22(24(25)27)17(3)26(19)12-8-13-28-5-2/h10-11,16H,4-9,12-15H2,1-3H3,(H2,25,27). The molecule has 0 saturated heterocycles. The Bertz CT molecular complexity index is 873. The summed E-state index contributed by atoms with van der Waals surface area (Å²) in [6.07, 6.45) is 5.16. The van der Waals surface area contributed by atoms with Crippen molar-refractivity contribution in [2.75, 3.05) is 26.4 Å². The van der Waals surface area contributed by atoms with E-state index in [2.05, 4.69) is 11.5 Å². The quantitative estimate of drug-likeness (QED) is 0.550. The van der Waals surface area contributed by atoms with Crippen molar-refractivity contribution in [2.24, 2.45) is 5.73 Å². The van der Waals surface area contributed by atoms with Gasteiger partial charge in [-0.2, -0.15) is 0 Å². The number of rotatable bonds is 11. The van der Waals surface area contributed by atoms with Crippen molar-refractivity contribution in [3.05, 3.63) is 35.2 Å². The fourth-order valence-corrected chi connectivity index (χ4v) is 4.18. The van der Waals surface area contributed by atoms with Gasteiger partial charge in [0.1, 0.15) is 13.2 Å². The number of carbonyl (C=O) groups excluding carboxylic acids is 1. The number of unbranched alkanes of at least 4 members (excludes halogenated alkanes) is 2. The molecule has 2 aromatic rings. The first-order valence-electron chi connectivity index (χ1n) is 11.1. The first-order chi connectivity index (χ1) is 14.6. The van der Waals surface area contributed by atoms with Gasteiger partial charge in [0.05, 0.1) is 5.56 Å². The number of hydrogen-bond acceptors (Lipinski definition) is 4. The van der Waals surface area contributed by atoms with Gasteiger partial charge in [-0.3, -0.25) is 4.79 Å². The summed E-state index contributed by atoms with van der Waals surface area (Å²) in [7, 11) is 0. The zero-order valence-corrected chi connectivity index (χ0v) is 18.5. The third-order valence-electron chi connectivity index (χ3n) is 5.60. The molecule has 6 nitrogen and oxygen atoms in total. The maximum absolute atomic E-state index is 12.5. The van der Waals surface area contributed by atoms with Crippen LogP contribution in [0, 0.1) is 6.92 Å². The van der Waals surface area contributed by atoms with Crippen LogP contribution in [0.1, 0.15) is 61.3 Å². The lowest BCUT2D eigenvalue weighted by molar-refractivity contribution is 0.1000. The molecule has 1 aliphatic rings. The third-order valence-corrected chi connectivity index (χ3v) is 5.60. The van der Waals surface area contributed by atoms with Crippen molar-refractivity contribution < 1.29 is 19.0 Å². The molecule has 0 bridgehead atoms. The van der Waals surface area contributed by atoms with E-state index in [0.717, 1.165) is 67.0 Å². The number of benzene rings is 1. The molecule has 0 fully saturated rings. The summed E-state index contributed by atoms with van der Waals surface area (Å²) in [4.78, 5) is 12.5. The molecule has 0 radical (unpaired) electrons. The van der Waals surface area contributed by atoms with Crippen LogP contribution in [-0.2, 0) is 17.7 Å². The van der Waals surface area contributed by atoms with Crippen molar-refractivity contribution in [1.29, 1.82) is 0 Å². The summed E-state index contributed by atoms with van der Waals surface area (Å²) >= 11 is 0. The highest BCUT2D eigenvalue weighted by atomic mass is 16.6. The number of fused-ring (bicyclic) bond motifs is 1. The van der Waals surface area contributed by atoms with Gasteiger partial charge >= 0.3 is 0 Å². The molecule has 6 heteroatoms. The highest BCUT2D eigenvalue weighted by Crippen LogP contribution is 2.39. The summed E-state index contributed by atoms with van der Waals surface area (Å²) in [5.41, 5.74) is 10.5. The van der Waals surface area contributed by atoms with E-state index in [9.17, 15) is 4.79 Å². The van der Waals surface area contributed by atoms with E-state index >= 15 is 0 Å².